The molecular weight excluding hydrogens is 186 g/mol. The Hall–Kier alpha value is -0.200. The molecule has 1 aliphatic rings. The number of nitrogens with zero attached hydrogens (tertiary/aromatic N) is 1. The van der Waals surface area contributed by atoms with E-state index in [2.05, 4.69) is 0 Å². The van der Waals surface area contributed by atoms with Gasteiger partial charge in [-0.2, -0.15) is 0 Å². The van der Waals surface area contributed by atoms with Gasteiger partial charge in [-0.15, -0.1) is 0 Å². The molecule has 4 atom stereocenters. The largest absolute Gasteiger partial charge is 0.395 e. The van der Waals surface area contributed by atoms with E-state index in [0.717, 1.165) is 6.42 Å². The van der Waals surface area contributed by atoms with Gasteiger partial charge >= 0.3 is 0 Å². The third-order valence-electron chi connectivity index (χ3n) is 2.73. The molecule has 5 heteroatoms. The molecule has 84 valence electrons. The Kier molecular flexibility index (Phi) is 4.28. The minimum Gasteiger partial charge on any atom is -0.395 e. The van der Waals surface area contributed by atoms with Gasteiger partial charge in [0.15, 0.2) is 0 Å². The summed E-state index contributed by atoms with van der Waals surface area (Å²) in [5, 5.41) is 37.5. The summed E-state index contributed by atoms with van der Waals surface area (Å²) in [5.41, 5.74) is 0. The lowest BCUT2D eigenvalue weighted by molar-refractivity contribution is -0.144. The van der Waals surface area contributed by atoms with Gasteiger partial charge in [0.25, 0.3) is 0 Å². The normalized spacial score (nSPS) is 40.1. The van der Waals surface area contributed by atoms with Crippen molar-refractivity contribution in [1.29, 1.82) is 0 Å². The van der Waals surface area contributed by atoms with Crippen LogP contribution in [0.1, 0.15) is 13.3 Å². The van der Waals surface area contributed by atoms with Crippen molar-refractivity contribution in [2.24, 2.45) is 0 Å². The molecular formula is C9H19NO4. The SMILES string of the molecule is CCCN1CC(O)C(O)[C@H](O)C1CO. The second kappa shape index (κ2) is 5.04. The van der Waals surface area contributed by atoms with E-state index in [1.165, 1.54) is 0 Å². The monoisotopic (exact) mass is 205 g/mol. The van der Waals surface area contributed by atoms with E-state index in [1.54, 1.807) is 0 Å². The summed E-state index contributed by atoms with van der Waals surface area (Å²) in [4.78, 5) is 1.81. The molecule has 0 amide bonds. The van der Waals surface area contributed by atoms with Crippen LogP contribution in [0.25, 0.3) is 0 Å². The highest BCUT2D eigenvalue weighted by atomic mass is 16.4. The molecule has 1 heterocycles. The van der Waals surface area contributed by atoms with Crippen LogP contribution in [0.15, 0.2) is 0 Å². The van der Waals surface area contributed by atoms with Crippen LogP contribution >= 0.6 is 0 Å². The Morgan fingerprint density at radius 3 is 2.36 bits per heavy atom. The topological polar surface area (TPSA) is 84.2 Å². The predicted molar refractivity (Wildman–Crippen MR) is 50.8 cm³/mol. The van der Waals surface area contributed by atoms with Gasteiger partial charge in [0.2, 0.25) is 0 Å². The molecule has 0 saturated carbocycles. The summed E-state index contributed by atoms with van der Waals surface area (Å²) in [6, 6.07) is -0.464. The van der Waals surface area contributed by atoms with Gasteiger partial charge in [0.05, 0.1) is 18.8 Å². The van der Waals surface area contributed by atoms with E-state index in [1.807, 2.05) is 11.8 Å². The molecule has 1 aliphatic heterocycles. The van der Waals surface area contributed by atoms with Gasteiger partial charge < -0.3 is 20.4 Å². The standard InChI is InChI=1S/C9H19NO4/c1-2-3-10-4-7(12)9(14)8(13)6(10)5-11/h6-9,11-14H,2-5H2,1H3/t6?,7?,8-,9?/m1/s1. The van der Waals surface area contributed by atoms with Gasteiger partial charge in [0, 0.05) is 6.54 Å². The Morgan fingerprint density at radius 1 is 1.21 bits per heavy atom. The maximum absolute atomic E-state index is 9.59. The lowest BCUT2D eigenvalue weighted by Crippen LogP contribution is -2.62. The quantitative estimate of drug-likeness (QED) is 0.435. The fourth-order valence-electron chi connectivity index (χ4n) is 1.92. The van der Waals surface area contributed by atoms with E-state index >= 15 is 0 Å². The zero-order valence-electron chi connectivity index (χ0n) is 8.37. The van der Waals surface area contributed by atoms with Crippen LogP contribution in [-0.2, 0) is 0 Å². The summed E-state index contributed by atoms with van der Waals surface area (Å²) >= 11 is 0. The van der Waals surface area contributed by atoms with Crippen LogP contribution in [0.5, 0.6) is 0 Å². The lowest BCUT2D eigenvalue weighted by Gasteiger charge is -2.43. The third kappa shape index (κ3) is 2.24. The first-order valence-electron chi connectivity index (χ1n) is 5.01. The smallest absolute Gasteiger partial charge is 0.109 e. The van der Waals surface area contributed by atoms with Crippen molar-refractivity contribution >= 4 is 0 Å². The number of aliphatic hydroxyl groups is 4. The first kappa shape index (κ1) is 11.9. The maximum atomic E-state index is 9.59. The predicted octanol–water partition coefficient (Wildman–Crippen LogP) is -1.84. The molecule has 1 fully saturated rings. The lowest BCUT2D eigenvalue weighted by atomic mass is 9.94. The highest BCUT2D eigenvalue weighted by molar-refractivity contribution is 4.93. The fourth-order valence-corrected chi connectivity index (χ4v) is 1.92. The third-order valence-corrected chi connectivity index (χ3v) is 2.73. The number of likely N-dealkylation sites (tertiary alicyclic amines) is 1. The number of hydrogen-bond acceptors (Lipinski definition) is 5. The molecule has 0 aromatic rings. The second-order valence-electron chi connectivity index (χ2n) is 3.79. The summed E-state index contributed by atoms with van der Waals surface area (Å²) in [7, 11) is 0. The van der Waals surface area contributed by atoms with Crippen LogP contribution in [0.4, 0.5) is 0 Å². The van der Waals surface area contributed by atoms with E-state index in [4.69, 9.17) is 5.11 Å². The van der Waals surface area contributed by atoms with Crippen LogP contribution < -0.4 is 0 Å². The summed E-state index contributed by atoms with van der Waals surface area (Å²) < 4.78 is 0. The summed E-state index contributed by atoms with van der Waals surface area (Å²) in [6.45, 7) is 2.78. The molecule has 4 N–H and O–H groups in total. The van der Waals surface area contributed by atoms with E-state index in [0.29, 0.717) is 13.1 Å². The van der Waals surface area contributed by atoms with Crippen LogP contribution in [0.3, 0.4) is 0 Å². The average Bonchev–Trinajstić information content (AvgIpc) is 2.16. The number of hydrogen-bond donors (Lipinski definition) is 4. The zero-order valence-corrected chi connectivity index (χ0v) is 8.37. The molecule has 0 bridgehead atoms. The molecule has 0 radical (unpaired) electrons. The van der Waals surface area contributed by atoms with Gasteiger partial charge in [0.1, 0.15) is 12.2 Å². The Morgan fingerprint density at radius 2 is 1.86 bits per heavy atom. The summed E-state index contributed by atoms with van der Waals surface area (Å²) in [5.74, 6) is 0. The Bertz CT molecular complexity index is 178. The summed E-state index contributed by atoms with van der Waals surface area (Å²) in [6.07, 6.45) is -2.28. The number of piperidine rings is 1. The molecule has 0 spiro atoms. The minimum atomic E-state index is -1.15. The van der Waals surface area contributed by atoms with Gasteiger partial charge in [-0.1, -0.05) is 6.92 Å². The molecule has 5 nitrogen and oxygen atoms in total. The van der Waals surface area contributed by atoms with Gasteiger partial charge in [-0.25, -0.2) is 0 Å². The highest BCUT2D eigenvalue weighted by Gasteiger charge is 2.40. The number of aliphatic hydroxyl groups excluding tert-OH is 4. The molecule has 0 aliphatic carbocycles. The number of β-amino-alcohol motifs (C(OH)–C–C–N with tert-alkyl or cyclic N) is 1. The molecule has 1 saturated heterocycles. The van der Waals surface area contributed by atoms with Crippen molar-refractivity contribution in [3.63, 3.8) is 0 Å². The zero-order chi connectivity index (χ0) is 10.7. The highest BCUT2D eigenvalue weighted by Crippen LogP contribution is 2.18. The minimum absolute atomic E-state index is 0.203. The van der Waals surface area contributed by atoms with Crippen molar-refractivity contribution in [2.45, 2.75) is 37.7 Å². The molecule has 3 unspecified atom stereocenters. The molecule has 1 rings (SSSR count). The van der Waals surface area contributed by atoms with Crippen LogP contribution in [-0.4, -0.2) is 69.4 Å². The van der Waals surface area contributed by atoms with Crippen LogP contribution in [0.2, 0.25) is 0 Å². The molecule has 14 heavy (non-hydrogen) atoms. The first-order chi connectivity index (χ1) is 6.61. The van der Waals surface area contributed by atoms with Crippen molar-refractivity contribution in [1.82, 2.24) is 4.90 Å². The van der Waals surface area contributed by atoms with Crippen molar-refractivity contribution in [3.8, 4) is 0 Å². The van der Waals surface area contributed by atoms with Crippen molar-refractivity contribution in [2.75, 3.05) is 19.7 Å². The Balaban J connectivity index is 2.66. The maximum Gasteiger partial charge on any atom is 0.109 e. The number of rotatable bonds is 3. The van der Waals surface area contributed by atoms with E-state index < -0.39 is 24.4 Å². The van der Waals surface area contributed by atoms with Crippen molar-refractivity contribution in [3.05, 3.63) is 0 Å². The van der Waals surface area contributed by atoms with E-state index in [-0.39, 0.29) is 6.61 Å². The van der Waals surface area contributed by atoms with Crippen molar-refractivity contribution < 1.29 is 20.4 Å². The molecule has 0 aromatic heterocycles. The fraction of sp³-hybridized carbons (Fsp3) is 1.00. The Labute approximate surface area is 83.6 Å². The van der Waals surface area contributed by atoms with Crippen LogP contribution in [0, 0.1) is 0 Å². The second-order valence-corrected chi connectivity index (χ2v) is 3.79. The first-order valence-corrected chi connectivity index (χ1v) is 5.01. The molecule has 0 aromatic carbocycles. The average molecular weight is 205 g/mol. The van der Waals surface area contributed by atoms with Gasteiger partial charge in [-0.3, -0.25) is 4.90 Å². The van der Waals surface area contributed by atoms with E-state index in [9.17, 15) is 15.3 Å². The van der Waals surface area contributed by atoms with Gasteiger partial charge in [-0.05, 0) is 13.0 Å².